The minimum absolute atomic E-state index is 0.140. The van der Waals surface area contributed by atoms with Crippen LogP contribution in [0.3, 0.4) is 0 Å². The molecule has 37 heavy (non-hydrogen) atoms. The summed E-state index contributed by atoms with van der Waals surface area (Å²) in [5.74, 6) is -0.140. The summed E-state index contributed by atoms with van der Waals surface area (Å²) in [4.78, 5) is 22.6. The van der Waals surface area contributed by atoms with Crippen LogP contribution in [0, 0.1) is 0 Å². The Bertz CT molecular complexity index is 796. The summed E-state index contributed by atoms with van der Waals surface area (Å²) in [5, 5.41) is 2.18. The van der Waals surface area contributed by atoms with Gasteiger partial charge in [-0.3, -0.25) is 9.59 Å². The molecule has 1 fully saturated rings. The van der Waals surface area contributed by atoms with Crippen molar-refractivity contribution in [3.63, 3.8) is 0 Å². The van der Waals surface area contributed by atoms with Crippen LogP contribution in [0.1, 0.15) is 44.7 Å². The number of nitrogens with zero attached hydrogens (tertiary/aromatic N) is 1. The van der Waals surface area contributed by atoms with Gasteiger partial charge in [0.25, 0.3) is 0 Å². The lowest BCUT2D eigenvalue weighted by atomic mass is 10.2. The van der Waals surface area contributed by atoms with Crippen molar-refractivity contribution in [2.24, 2.45) is 5.73 Å². The van der Waals surface area contributed by atoms with Crippen molar-refractivity contribution in [2.75, 3.05) is 32.8 Å². The molecule has 0 saturated carbocycles. The topological polar surface area (TPSA) is 84.7 Å². The van der Waals surface area contributed by atoms with E-state index >= 15 is 0 Å². The van der Waals surface area contributed by atoms with Crippen LogP contribution in [-0.2, 0) is 27.4 Å². The largest absolute Gasteiger partial charge is 0.381 e. The highest BCUT2D eigenvalue weighted by Gasteiger charge is 1.95. The number of carbonyl (C=O) groups is 2. The maximum atomic E-state index is 10.8. The lowest BCUT2D eigenvalue weighted by Crippen LogP contribution is -2.21. The number of benzene rings is 2. The van der Waals surface area contributed by atoms with E-state index in [1.807, 2.05) is 60.7 Å². The molecule has 3 rings (SSSR count). The molecule has 206 valence electrons. The van der Waals surface area contributed by atoms with Gasteiger partial charge in [0.15, 0.2) is 0 Å². The van der Waals surface area contributed by atoms with Crippen LogP contribution in [0.5, 0.6) is 0 Å². The molecule has 1 aliphatic rings. The van der Waals surface area contributed by atoms with Crippen LogP contribution < -0.4 is 11.1 Å². The molecule has 0 atom stereocenters. The molecule has 6 nitrogen and oxygen atoms in total. The van der Waals surface area contributed by atoms with Crippen molar-refractivity contribution in [3.05, 3.63) is 97.1 Å². The Balaban J connectivity index is 0. The Hall–Kier alpha value is -2.77. The molecule has 1 aliphatic heterocycles. The van der Waals surface area contributed by atoms with Crippen LogP contribution in [-0.4, -0.2) is 48.9 Å². The summed E-state index contributed by atoms with van der Waals surface area (Å²) in [5.41, 5.74) is 7.63. The second-order valence-corrected chi connectivity index (χ2v) is 7.92. The van der Waals surface area contributed by atoms with Crippen LogP contribution in [0.2, 0.25) is 0 Å². The number of nitrogens with one attached hydrogen (secondary N) is 1. The first-order chi connectivity index (χ1) is 17.9. The second-order valence-electron chi connectivity index (χ2n) is 7.54. The van der Waals surface area contributed by atoms with E-state index < -0.39 is 5.24 Å². The molecule has 0 spiro atoms. The molecule has 2 aromatic carbocycles. The van der Waals surface area contributed by atoms with Gasteiger partial charge in [0, 0.05) is 26.3 Å². The highest BCUT2D eigenvalue weighted by atomic mass is 35.5. The fraction of sp³-hybridized carbons (Fsp3) is 0.400. The maximum absolute atomic E-state index is 10.8. The minimum Gasteiger partial charge on any atom is -0.381 e. The van der Waals surface area contributed by atoms with Crippen molar-refractivity contribution in [3.8, 4) is 0 Å². The van der Waals surface area contributed by atoms with Crippen LogP contribution in [0.4, 0.5) is 0 Å². The predicted molar refractivity (Wildman–Crippen MR) is 157 cm³/mol. The maximum Gasteiger partial charge on any atom is 0.244 e. The van der Waals surface area contributed by atoms with Gasteiger partial charge in [-0.15, -0.1) is 0 Å². The van der Waals surface area contributed by atoms with Crippen molar-refractivity contribution in [2.45, 2.75) is 46.7 Å². The Kier molecular flexibility index (Phi) is 27.4. The highest BCUT2D eigenvalue weighted by Crippen LogP contribution is 1.98. The molecule has 1 heterocycles. The van der Waals surface area contributed by atoms with E-state index in [1.54, 1.807) is 0 Å². The van der Waals surface area contributed by atoms with Crippen molar-refractivity contribution >= 4 is 22.8 Å². The molecular formula is C30H46ClN3O3. The van der Waals surface area contributed by atoms with Crippen LogP contribution in [0.15, 0.2) is 86.0 Å². The molecular weight excluding hydrogens is 486 g/mol. The van der Waals surface area contributed by atoms with Crippen LogP contribution >= 0.6 is 11.6 Å². The lowest BCUT2D eigenvalue weighted by molar-refractivity contribution is -0.116. The number of rotatable bonds is 8. The minimum atomic E-state index is -0.509. The Morgan fingerprint density at radius 2 is 1.32 bits per heavy atom. The zero-order chi connectivity index (χ0) is 28.2. The smallest absolute Gasteiger partial charge is 0.244 e. The average Bonchev–Trinajstić information content (AvgIpc) is 3.55. The Labute approximate surface area is 229 Å². The SMILES string of the molecule is C1CCOC1.C=CC(=O)Cl.C=CC(=O)NCc1ccccc1.CCN(CC)CC.NCc1ccccc1. The van der Waals surface area contributed by atoms with E-state index in [0.717, 1.165) is 24.9 Å². The van der Waals surface area contributed by atoms with Crippen LogP contribution in [0.25, 0.3) is 0 Å². The van der Waals surface area contributed by atoms with Gasteiger partial charge in [0.1, 0.15) is 0 Å². The van der Waals surface area contributed by atoms with Gasteiger partial charge >= 0.3 is 0 Å². The third kappa shape index (κ3) is 26.1. The number of hydrogen-bond acceptors (Lipinski definition) is 5. The number of carbonyl (C=O) groups excluding carboxylic acids is 2. The van der Waals surface area contributed by atoms with Gasteiger partial charge < -0.3 is 20.7 Å². The van der Waals surface area contributed by atoms with E-state index in [4.69, 9.17) is 22.1 Å². The first kappa shape index (κ1) is 36.4. The molecule has 0 radical (unpaired) electrons. The molecule has 7 heteroatoms. The normalized spacial score (nSPS) is 11.0. The summed E-state index contributed by atoms with van der Waals surface area (Å²) in [6, 6.07) is 19.7. The van der Waals surface area contributed by atoms with E-state index in [1.165, 1.54) is 44.1 Å². The fourth-order valence-corrected chi connectivity index (χ4v) is 2.65. The standard InChI is InChI=1S/C10H11NO.C7H9N.C6H15N.C4H8O.C3H3ClO/c1-2-10(12)11-8-9-6-4-3-5-7-9;8-6-7-4-2-1-3-5-7;1-4-7(5-2)6-3;1-2-4-5-3-1;1-2-3(4)5/h2-7H,1,8H2,(H,11,12);1-5H,6,8H2;4-6H2,1-3H3;1-4H2;2H,1H2. The number of halogens is 1. The number of ether oxygens (including phenoxy) is 1. The quantitative estimate of drug-likeness (QED) is 0.336. The monoisotopic (exact) mass is 531 g/mol. The zero-order valence-electron chi connectivity index (χ0n) is 22.8. The van der Waals surface area contributed by atoms with Crippen molar-refractivity contribution < 1.29 is 14.3 Å². The van der Waals surface area contributed by atoms with E-state index in [2.05, 4.69) is 44.1 Å². The van der Waals surface area contributed by atoms with Gasteiger partial charge in [-0.25, -0.2) is 0 Å². The summed E-state index contributed by atoms with van der Waals surface area (Å²) in [6.45, 7) is 19.8. The first-order valence-electron chi connectivity index (χ1n) is 12.7. The zero-order valence-corrected chi connectivity index (χ0v) is 23.6. The van der Waals surface area contributed by atoms with E-state index in [0.29, 0.717) is 13.1 Å². The number of allylic oxidation sites excluding steroid dienone is 1. The molecule has 0 unspecified atom stereocenters. The molecule has 0 aliphatic carbocycles. The molecule has 0 aromatic heterocycles. The van der Waals surface area contributed by atoms with Gasteiger partial charge in [-0.1, -0.05) is 94.6 Å². The highest BCUT2D eigenvalue weighted by molar-refractivity contribution is 6.66. The molecule has 0 bridgehead atoms. The fourth-order valence-electron chi connectivity index (χ4n) is 2.65. The lowest BCUT2D eigenvalue weighted by Gasteiger charge is -2.13. The molecule has 2 aromatic rings. The first-order valence-corrected chi connectivity index (χ1v) is 13.1. The van der Waals surface area contributed by atoms with Crippen molar-refractivity contribution in [1.82, 2.24) is 10.2 Å². The van der Waals surface area contributed by atoms with Crippen molar-refractivity contribution in [1.29, 1.82) is 0 Å². The van der Waals surface area contributed by atoms with Gasteiger partial charge in [0.2, 0.25) is 11.1 Å². The summed E-state index contributed by atoms with van der Waals surface area (Å²) >= 11 is 4.71. The third-order valence-corrected chi connectivity index (χ3v) is 5.06. The van der Waals surface area contributed by atoms with Gasteiger partial charge in [-0.05, 0) is 67.4 Å². The average molecular weight is 532 g/mol. The number of hydrogen-bond donors (Lipinski definition) is 2. The molecule has 1 amide bonds. The molecule has 1 saturated heterocycles. The van der Waals surface area contributed by atoms with Gasteiger partial charge in [0.05, 0.1) is 0 Å². The van der Waals surface area contributed by atoms with E-state index in [-0.39, 0.29) is 5.91 Å². The Morgan fingerprint density at radius 1 is 0.892 bits per heavy atom. The third-order valence-electron chi connectivity index (χ3n) is 4.90. The summed E-state index contributed by atoms with van der Waals surface area (Å²) in [6.07, 6.45) is 4.87. The van der Waals surface area contributed by atoms with Gasteiger partial charge in [-0.2, -0.15) is 0 Å². The number of amides is 1. The second kappa shape index (κ2) is 27.8. The Morgan fingerprint density at radius 3 is 1.57 bits per heavy atom. The summed E-state index contributed by atoms with van der Waals surface area (Å²) in [7, 11) is 0. The predicted octanol–water partition coefficient (Wildman–Crippen LogP) is 5.72. The van der Waals surface area contributed by atoms with E-state index in [9.17, 15) is 9.59 Å². The summed E-state index contributed by atoms with van der Waals surface area (Å²) < 4.78 is 4.94. The number of nitrogens with two attached hydrogens (primary N) is 1. The molecule has 3 N–H and O–H groups in total.